The van der Waals surface area contributed by atoms with Gasteiger partial charge in [-0.25, -0.2) is 0 Å². The van der Waals surface area contributed by atoms with Gasteiger partial charge >= 0.3 is 14.5 Å². The van der Waals surface area contributed by atoms with Crippen LogP contribution >= 0.6 is 0 Å². The van der Waals surface area contributed by atoms with E-state index in [2.05, 4.69) is 13.2 Å². The predicted molar refractivity (Wildman–Crippen MR) is 53.2 cm³/mol. The Morgan fingerprint density at radius 3 is 1.58 bits per heavy atom. The summed E-state index contributed by atoms with van der Waals surface area (Å²) in [4.78, 5) is 26.7. The van der Waals surface area contributed by atoms with Gasteiger partial charge in [0.05, 0.1) is 6.04 Å². The van der Waals surface area contributed by atoms with E-state index in [1.54, 1.807) is 0 Å². The number of rotatable bonds is 2. The lowest BCUT2D eigenvalue weighted by Gasteiger charge is -2.05. The molecule has 0 rings (SSSR count). The lowest BCUT2D eigenvalue weighted by atomic mass is 10.8. The fourth-order valence-electron chi connectivity index (χ4n) is 0.286. The molecule has 0 saturated heterocycles. The van der Waals surface area contributed by atoms with E-state index in [0.29, 0.717) is 0 Å². The number of carboxylic acid groups (broad SMARTS) is 1. The van der Waals surface area contributed by atoms with Crippen molar-refractivity contribution in [2.75, 3.05) is 0 Å². The van der Waals surface area contributed by atoms with Gasteiger partial charge in [-0.05, 0) is 6.55 Å². The Morgan fingerprint density at radius 2 is 1.58 bits per heavy atom. The van der Waals surface area contributed by atoms with Crippen LogP contribution < -0.4 is 0 Å². The fourth-order valence-corrected chi connectivity index (χ4v) is 0.859. The summed E-state index contributed by atoms with van der Waals surface area (Å²) >= 11 is 0. The average molecular weight is 196 g/mol. The number of hydrogen-bond donors (Lipinski definition) is 3. The van der Waals surface area contributed by atoms with Crippen molar-refractivity contribution in [1.82, 2.24) is 0 Å². The normalized spacial score (nSPS) is 7.92. The van der Waals surface area contributed by atoms with Crippen molar-refractivity contribution in [3.63, 3.8) is 0 Å². The molecule has 3 N–H and O–H groups in total. The van der Waals surface area contributed by atoms with Gasteiger partial charge in [0.25, 0.3) is 0 Å². The van der Waals surface area contributed by atoms with Crippen LogP contribution in [0.2, 0.25) is 12.6 Å². The predicted octanol–water partition coefficient (Wildman–Crippen LogP) is 1.20. The first-order chi connectivity index (χ1) is 4.42. The number of aliphatic carboxylic acids is 1. The fraction of sp³-hybridized carbons (Fsp3) is 0.571. The van der Waals surface area contributed by atoms with Crippen molar-refractivity contribution in [1.29, 1.82) is 0 Å². The quantitative estimate of drug-likeness (QED) is 0.458. The second kappa shape index (κ2) is 10.3. The standard InChI is InChI=1S/C3H8O4Si.C2H4.2CH4/c1-8(6,7)2-3(4)5;1-2;;/h6-7H,2H2,1H3,(H,4,5);1-2H2;2*1H4. The summed E-state index contributed by atoms with van der Waals surface area (Å²) in [6, 6.07) is -0.507. The monoisotopic (exact) mass is 196 g/mol. The Morgan fingerprint density at radius 1 is 1.33 bits per heavy atom. The molecule has 0 atom stereocenters. The van der Waals surface area contributed by atoms with E-state index in [4.69, 9.17) is 14.7 Å². The van der Waals surface area contributed by atoms with Crippen molar-refractivity contribution < 1.29 is 19.5 Å². The molecule has 4 nitrogen and oxygen atoms in total. The first-order valence-corrected chi connectivity index (χ1v) is 5.18. The zero-order valence-corrected chi connectivity index (χ0v) is 6.87. The highest BCUT2D eigenvalue weighted by Crippen LogP contribution is 1.97. The van der Waals surface area contributed by atoms with Crippen molar-refractivity contribution in [2.45, 2.75) is 27.4 Å². The van der Waals surface area contributed by atoms with Gasteiger partial charge in [0.2, 0.25) is 0 Å². The molecule has 0 unspecified atom stereocenters. The molecule has 0 bridgehead atoms. The van der Waals surface area contributed by atoms with Crippen molar-refractivity contribution in [3.8, 4) is 0 Å². The minimum absolute atomic E-state index is 0. The molecule has 0 aliphatic heterocycles. The van der Waals surface area contributed by atoms with Gasteiger partial charge in [-0.15, -0.1) is 13.2 Å². The molecular weight excluding hydrogens is 176 g/mol. The third-order valence-corrected chi connectivity index (χ3v) is 1.46. The van der Waals surface area contributed by atoms with Crippen LogP contribution in [0.3, 0.4) is 0 Å². The van der Waals surface area contributed by atoms with Crippen molar-refractivity contribution in [2.24, 2.45) is 0 Å². The van der Waals surface area contributed by atoms with Crippen LogP contribution in [-0.2, 0) is 4.79 Å². The zero-order valence-electron chi connectivity index (χ0n) is 5.87. The molecule has 0 aliphatic carbocycles. The third kappa shape index (κ3) is 34.5. The molecule has 12 heavy (non-hydrogen) atoms. The Labute approximate surface area is 75.4 Å². The molecule has 76 valence electrons. The number of carboxylic acids is 1. The molecule has 0 amide bonds. The molecule has 5 heteroatoms. The van der Waals surface area contributed by atoms with Crippen molar-refractivity contribution >= 4 is 14.5 Å². The summed E-state index contributed by atoms with van der Waals surface area (Å²) in [6.07, 6.45) is 0. The van der Waals surface area contributed by atoms with Crippen molar-refractivity contribution in [3.05, 3.63) is 13.2 Å². The van der Waals surface area contributed by atoms with E-state index in [9.17, 15) is 4.79 Å². The molecule has 0 saturated carbocycles. The Balaban J connectivity index is -0.0000000740. The first kappa shape index (κ1) is 22.5. The second-order valence-electron chi connectivity index (χ2n) is 1.79. The topological polar surface area (TPSA) is 77.8 Å². The largest absolute Gasteiger partial charge is 0.481 e. The van der Waals surface area contributed by atoms with Gasteiger partial charge in [-0.2, -0.15) is 0 Å². The van der Waals surface area contributed by atoms with Crippen LogP contribution in [0.15, 0.2) is 13.2 Å². The molecule has 0 aromatic carbocycles. The Bertz CT molecular complexity index is 108. The molecule has 0 aromatic heterocycles. The highest BCUT2D eigenvalue weighted by molar-refractivity contribution is 6.66. The molecule has 0 spiro atoms. The van der Waals surface area contributed by atoms with Gasteiger partial charge in [0.15, 0.2) is 0 Å². The summed E-state index contributed by atoms with van der Waals surface area (Å²) in [5.41, 5.74) is 0. The van der Waals surface area contributed by atoms with E-state index in [-0.39, 0.29) is 14.9 Å². The maximum Gasteiger partial charge on any atom is 0.340 e. The van der Waals surface area contributed by atoms with Gasteiger partial charge in [0.1, 0.15) is 0 Å². The molecule has 0 heterocycles. The highest BCUT2D eigenvalue weighted by Gasteiger charge is 2.24. The van der Waals surface area contributed by atoms with Crippen LogP contribution in [0.1, 0.15) is 14.9 Å². The van der Waals surface area contributed by atoms with Gasteiger partial charge in [-0.3, -0.25) is 4.79 Å². The van der Waals surface area contributed by atoms with E-state index in [1.807, 2.05) is 0 Å². The summed E-state index contributed by atoms with van der Waals surface area (Å²) in [5, 5.41) is 7.96. The van der Waals surface area contributed by atoms with Gasteiger partial charge < -0.3 is 14.7 Å². The number of hydrogen-bond acceptors (Lipinski definition) is 3. The minimum Gasteiger partial charge on any atom is -0.481 e. The summed E-state index contributed by atoms with van der Waals surface area (Å²) in [7, 11) is -3.32. The van der Waals surface area contributed by atoms with Crippen LogP contribution in [0.25, 0.3) is 0 Å². The molecule has 0 radical (unpaired) electrons. The molecule has 0 fully saturated rings. The lowest BCUT2D eigenvalue weighted by Crippen LogP contribution is -2.32. The first-order valence-electron chi connectivity index (χ1n) is 2.58. The van der Waals surface area contributed by atoms with E-state index in [1.165, 1.54) is 0 Å². The van der Waals surface area contributed by atoms with Crippen LogP contribution in [0.5, 0.6) is 0 Å². The molecule has 0 aliphatic rings. The summed E-state index contributed by atoms with van der Waals surface area (Å²) < 4.78 is 0. The van der Waals surface area contributed by atoms with Crippen LogP contribution in [0, 0.1) is 0 Å². The van der Waals surface area contributed by atoms with E-state index in [0.717, 1.165) is 6.55 Å². The molecule has 0 aromatic rings. The maximum atomic E-state index is 9.73. The average Bonchev–Trinajstić information content (AvgIpc) is 1.64. The summed E-state index contributed by atoms with van der Waals surface area (Å²) in [5.74, 6) is -1.16. The minimum atomic E-state index is -3.32. The van der Waals surface area contributed by atoms with Gasteiger partial charge in [-0.1, -0.05) is 14.9 Å². The van der Waals surface area contributed by atoms with Crippen LogP contribution in [-0.4, -0.2) is 29.2 Å². The summed E-state index contributed by atoms with van der Waals surface area (Å²) in [6.45, 7) is 7.15. The zero-order chi connectivity index (χ0) is 8.78. The van der Waals surface area contributed by atoms with Gasteiger partial charge in [0, 0.05) is 0 Å². The number of carbonyl (C=O) groups is 1. The Kier molecular flexibility index (Phi) is 19.4. The van der Waals surface area contributed by atoms with Crippen LogP contribution in [0.4, 0.5) is 0 Å². The SMILES string of the molecule is C.C.C=C.C[Si](O)(O)CC(=O)O. The van der Waals surface area contributed by atoms with E-state index >= 15 is 0 Å². The highest BCUT2D eigenvalue weighted by atomic mass is 28.4. The van der Waals surface area contributed by atoms with E-state index < -0.39 is 20.6 Å². The Hall–Kier alpha value is -0.653. The third-order valence-electron chi connectivity index (χ3n) is 0.486. The lowest BCUT2D eigenvalue weighted by molar-refractivity contribution is -0.134. The maximum absolute atomic E-state index is 9.73. The molecular formula is C7H20O4Si. The smallest absolute Gasteiger partial charge is 0.340 e. The second-order valence-corrected chi connectivity index (χ2v) is 4.58.